The second-order valence-corrected chi connectivity index (χ2v) is 9.37. The third-order valence-electron chi connectivity index (χ3n) is 7.26. The standard InChI is InChI=1S/C26H29N3O4/c1-16(31)29-22-14-28-21(12-11-19(26(28)33)10-9-17-5-3-2-4-6-17)24(29)23(20(22)15-30)25(32)27-13-18-7-8-18/h2-6,9-12,18,20,22-24,30H,7-8,13-15H2,1H3,(H,27,32)/b10-9+/t20-,22-,23+,24+/m1/s1. The summed E-state index contributed by atoms with van der Waals surface area (Å²) in [6.07, 6.45) is 5.94. The predicted molar refractivity (Wildman–Crippen MR) is 125 cm³/mol. The van der Waals surface area contributed by atoms with Gasteiger partial charge in [0, 0.05) is 43.8 Å². The summed E-state index contributed by atoms with van der Waals surface area (Å²) in [5, 5.41) is 13.3. The molecule has 2 aliphatic heterocycles. The summed E-state index contributed by atoms with van der Waals surface area (Å²) < 4.78 is 1.69. The van der Waals surface area contributed by atoms with Crippen LogP contribution in [0.5, 0.6) is 0 Å². The van der Waals surface area contributed by atoms with E-state index in [2.05, 4.69) is 5.32 Å². The Hall–Kier alpha value is -3.19. The van der Waals surface area contributed by atoms with Crippen LogP contribution >= 0.6 is 0 Å². The van der Waals surface area contributed by atoms with Crippen molar-refractivity contribution < 1.29 is 14.7 Å². The molecule has 2 amide bonds. The SMILES string of the molecule is CC(=O)N1[C@@H]2Cn3c(ccc(/C=C/c4ccccc4)c3=O)[C@H]1[C@@H](C(=O)NCC1CC1)[C@@H]2CO. The molecule has 3 heterocycles. The minimum Gasteiger partial charge on any atom is -0.396 e. The molecule has 2 bridgehead atoms. The fourth-order valence-electron chi connectivity index (χ4n) is 5.42. The van der Waals surface area contributed by atoms with Crippen LogP contribution in [0.2, 0.25) is 0 Å². The zero-order valence-corrected chi connectivity index (χ0v) is 18.7. The number of pyridine rings is 1. The average molecular weight is 448 g/mol. The second-order valence-electron chi connectivity index (χ2n) is 9.37. The number of carbonyl (C=O) groups is 2. The smallest absolute Gasteiger partial charge is 0.258 e. The van der Waals surface area contributed by atoms with Crippen molar-refractivity contribution in [3.05, 3.63) is 69.6 Å². The fraction of sp³-hybridized carbons (Fsp3) is 0.423. The minimum absolute atomic E-state index is 0.145. The molecule has 3 aliphatic rings. The maximum absolute atomic E-state index is 13.4. The molecule has 2 fully saturated rings. The van der Waals surface area contributed by atoms with Crippen LogP contribution in [0.25, 0.3) is 12.2 Å². The molecule has 4 atom stereocenters. The molecule has 1 aliphatic carbocycles. The van der Waals surface area contributed by atoms with Crippen molar-refractivity contribution >= 4 is 24.0 Å². The Morgan fingerprint density at radius 2 is 1.88 bits per heavy atom. The van der Waals surface area contributed by atoms with Gasteiger partial charge in [0.2, 0.25) is 11.8 Å². The lowest BCUT2D eigenvalue weighted by Crippen LogP contribution is -2.48. The molecule has 0 unspecified atom stereocenters. The maximum Gasteiger partial charge on any atom is 0.258 e. The summed E-state index contributed by atoms with van der Waals surface area (Å²) in [4.78, 5) is 40.9. The number of nitrogens with one attached hydrogen (secondary N) is 1. The highest BCUT2D eigenvalue weighted by molar-refractivity contribution is 5.83. The first-order valence-corrected chi connectivity index (χ1v) is 11.6. The van der Waals surface area contributed by atoms with Gasteiger partial charge in [-0.05, 0) is 42.5 Å². The molecule has 0 spiro atoms. The Balaban J connectivity index is 1.52. The van der Waals surface area contributed by atoms with Gasteiger partial charge in [-0.1, -0.05) is 36.4 Å². The lowest BCUT2D eigenvalue weighted by molar-refractivity contribution is -0.134. The molecule has 2 aromatic rings. The van der Waals surface area contributed by atoms with Crippen LogP contribution in [-0.4, -0.2) is 45.6 Å². The van der Waals surface area contributed by atoms with Gasteiger partial charge in [0.15, 0.2) is 0 Å². The monoisotopic (exact) mass is 447 g/mol. The van der Waals surface area contributed by atoms with Crippen LogP contribution in [-0.2, 0) is 16.1 Å². The zero-order chi connectivity index (χ0) is 23.1. The molecule has 7 nitrogen and oxygen atoms in total. The maximum atomic E-state index is 13.4. The molecule has 2 N–H and O–H groups in total. The number of aliphatic hydroxyl groups excluding tert-OH is 1. The number of aliphatic hydroxyl groups is 1. The molecule has 1 saturated carbocycles. The largest absolute Gasteiger partial charge is 0.396 e. The minimum atomic E-state index is -0.582. The van der Waals surface area contributed by atoms with Gasteiger partial charge in [-0.2, -0.15) is 0 Å². The third kappa shape index (κ3) is 3.91. The van der Waals surface area contributed by atoms with E-state index in [4.69, 9.17) is 0 Å². The van der Waals surface area contributed by atoms with E-state index < -0.39 is 23.9 Å². The van der Waals surface area contributed by atoms with Crippen molar-refractivity contribution in [3.63, 3.8) is 0 Å². The molecule has 0 radical (unpaired) electrons. The van der Waals surface area contributed by atoms with Crippen molar-refractivity contribution in [2.24, 2.45) is 17.8 Å². The van der Waals surface area contributed by atoms with E-state index in [-0.39, 0.29) is 30.5 Å². The highest BCUT2D eigenvalue weighted by Gasteiger charge is 2.56. The Kier molecular flexibility index (Phi) is 5.66. The Morgan fingerprint density at radius 1 is 1.12 bits per heavy atom. The first-order chi connectivity index (χ1) is 16.0. The van der Waals surface area contributed by atoms with Crippen molar-refractivity contribution in [2.75, 3.05) is 13.2 Å². The van der Waals surface area contributed by atoms with Gasteiger partial charge in [0.25, 0.3) is 5.56 Å². The van der Waals surface area contributed by atoms with Crippen molar-refractivity contribution in [2.45, 2.75) is 38.4 Å². The molecule has 1 saturated heterocycles. The number of aromatic nitrogens is 1. The molecule has 1 aromatic heterocycles. The lowest BCUT2D eigenvalue weighted by Gasteiger charge is -2.37. The van der Waals surface area contributed by atoms with Crippen molar-refractivity contribution in [1.82, 2.24) is 14.8 Å². The van der Waals surface area contributed by atoms with E-state index in [1.165, 1.54) is 6.92 Å². The fourth-order valence-corrected chi connectivity index (χ4v) is 5.42. The summed E-state index contributed by atoms with van der Waals surface area (Å²) in [6.45, 7) is 2.18. The highest BCUT2D eigenvalue weighted by Crippen LogP contribution is 2.48. The van der Waals surface area contributed by atoms with Crippen LogP contribution in [0.1, 0.15) is 42.6 Å². The summed E-state index contributed by atoms with van der Waals surface area (Å²) in [5.74, 6) is -0.761. The number of nitrogens with zero attached hydrogens (tertiary/aromatic N) is 2. The van der Waals surface area contributed by atoms with Gasteiger partial charge >= 0.3 is 0 Å². The molecular weight excluding hydrogens is 418 g/mol. The van der Waals surface area contributed by atoms with Crippen molar-refractivity contribution in [1.29, 1.82) is 0 Å². The molecule has 7 heteroatoms. The van der Waals surface area contributed by atoms with E-state index in [0.29, 0.717) is 23.7 Å². The van der Waals surface area contributed by atoms with E-state index >= 15 is 0 Å². The molecule has 33 heavy (non-hydrogen) atoms. The lowest BCUT2D eigenvalue weighted by atomic mass is 9.86. The zero-order valence-electron chi connectivity index (χ0n) is 18.7. The molecular formula is C26H29N3O4. The van der Waals surface area contributed by atoms with Gasteiger partial charge in [0.1, 0.15) is 0 Å². The number of carbonyl (C=O) groups excluding carboxylic acids is 2. The Labute approximate surface area is 192 Å². The first kappa shape index (κ1) is 21.6. The van der Waals surface area contributed by atoms with E-state index in [0.717, 1.165) is 18.4 Å². The highest BCUT2D eigenvalue weighted by atomic mass is 16.3. The second kappa shape index (κ2) is 8.63. The number of benzene rings is 1. The van der Waals surface area contributed by atoms with Crippen LogP contribution < -0.4 is 10.9 Å². The normalized spacial score (nSPS) is 25.8. The summed E-state index contributed by atoms with van der Waals surface area (Å²) in [6, 6.07) is 12.4. The molecule has 5 rings (SSSR count). The summed E-state index contributed by atoms with van der Waals surface area (Å²) in [7, 11) is 0. The number of rotatable bonds is 6. The number of hydrogen-bond acceptors (Lipinski definition) is 4. The molecule has 172 valence electrons. The van der Waals surface area contributed by atoms with Crippen LogP contribution in [0, 0.1) is 17.8 Å². The van der Waals surface area contributed by atoms with E-state index in [1.807, 2.05) is 42.5 Å². The van der Waals surface area contributed by atoms with Crippen LogP contribution in [0.15, 0.2) is 47.3 Å². The third-order valence-corrected chi connectivity index (χ3v) is 7.26. The van der Waals surface area contributed by atoms with Gasteiger partial charge in [-0.15, -0.1) is 0 Å². The number of hydrogen-bond donors (Lipinski definition) is 2. The van der Waals surface area contributed by atoms with Gasteiger partial charge in [-0.25, -0.2) is 0 Å². The predicted octanol–water partition coefficient (Wildman–Crippen LogP) is 2.06. The van der Waals surface area contributed by atoms with Crippen molar-refractivity contribution in [3.8, 4) is 0 Å². The average Bonchev–Trinajstić information content (AvgIpc) is 3.61. The van der Waals surface area contributed by atoms with Crippen LogP contribution in [0.3, 0.4) is 0 Å². The van der Waals surface area contributed by atoms with E-state index in [1.54, 1.807) is 21.6 Å². The Morgan fingerprint density at radius 3 is 2.55 bits per heavy atom. The van der Waals surface area contributed by atoms with E-state index in [9.17, 15) is 19.5 Å². The number of amides is 2. The quantitative estimate of drug-likeness (QED) is 0.709. The van der Waals surface area contributed by atoms with Gasteiger partial charge in [0.05, 0.1) is 18.0 Å². The first-order valence-electron chi connectivity index (χ1n) is 11.6. The Bertz CT molecular complexity index is 1150. The van der Waals surface area contributed by atoms with Gasteiger partial charge < -0.3 is 19.9 Å². The van der Waals surface area contributed by atoms with Crippen LogP contribution in [0.4, 0.5) is 0 Å². The molecule has 1 aromatic carbocycles. The topological polar surface area (TPSA) is 91.6 Å². The van der Waals surface area contributed by atoms with Gasteiger partial charge in [-0.3, -0.25) is 14.4 Å². The summed E-state index contributed by atoms with van der Waals surface area (Å²) in [5.41, 5.74) is 2.06. The summed E-state index contributed by atoms with van der Waals surface area (Å²) >= 11 is 0. The number of fused-ring (bicyclic) bond motifs is 4.